The Balaban J connectivity index is 2.50. The number of hydrogen-bond acceptors (Lipinski definition) is 1. The largest absolute Gasteiger partial charge is 0.310 e. The summed E-state index contributed by atoms with van der Waals surface area (Å²) in [5.41, 5.74) is 2.40. The lowest BCUT2D eigenvalue weighted by Crippen LogP contribution is -2.25. The Bertz CT molecular complexity index is 309. The molecule has 1 N–H and O–H groups in total. The van der Waals surface area contributed by atoms with Crippen LogP contribution in [0, 0.1) is 6.92 Å². The monoisotopic (exact) mass is 225 g/mol. The van der Waals surface area contributed by atoms with E-state index in [4.69, 9.17) is 11.6 Å². The molecule has 1 rings (SSSR count). The summed E-state index contributed by atoms with van der Waals surface area (Å²) in [6, 6.07) is 6.78. The first-order valence-electron chi connectivity index (χ1n) is 5.62. The van der Waals surface area contributed by atoms with Crippen LogP contribution < -0.4 is 5.32 Å². The molecule has 0 fully saturated rings. The average Bonchev–Trinajstić information content (AvgIpc) is 2.17. The first-order chi connectivity index (χ1) is 7.13. The second-order valence-electron chi connectivity index (χ2n) is 4.17. The van der Waals surface area contributed by atoms with E-state index >= 15 is 0 Å². The summed E-state index contributed by atoms with van der Waals surface area (Å²) < 4.78 is 0. The van der Waals surface area contributed by atoms with E-state index in [-0.39, 0.29) is 0 Å². The van der Waals surface area contributed by atoms with Crippen molar-refractivity contribution in [3.05, 3.63) is 34.3 Å². The molecule has 0 saturated carbocycles. The first kappa shape index (κ1) is 12.5. The molecule has 2 heteroatoms. The standard InChI is InChI=1S/C13H20ClN/c1-4-5-11(3)15-9-12-7-6-10(2)8-13(12)14/h6-8,11,15H,4-5,9H2,1-3H3. The molecule has 0 aliphatic rings. The lowest BCUT2D eigenvalue weighted by molar-refractivity contribution is 0.508. The minimum Gasteiger partial charge on any atom is -0.310 e. The fourth-order valence-electron chi connectivity index (χ4n) is 1.61. The molecule has 84 valence electrons. The molecular weight excluding hydrogens is 206 g/mol. The van der Waals surface area contributed by atoms with E-state index in [1.807, 2.05) is 6.07 Å². The zero-order chi connectivity index (χ0) is 11.3. The third-order valence-electron chi connectivity index (χ3n) is 2.57. The maximum Gasteiger partial charge on any atom is 0.0453 e. The van der Waals surface area contributed by atoms with E-state index in [2.05, 4.69) is 38.2 Å². The molecule has 1 nitrogen and oxygen atoms in total. The summed E-state index contributed by atoms with van der Waals surface area (Å²) in [4.78, 5) is 0. The molecule has 1 unspecified atom stereocenters. The van der Waals surface area contributed by atoms with Crippen molar-refractivity contribution in [3.8, 4) is 0 Å². The van der Waals surface area contributed by atoms with Crippen LogP contribution in [0.2, 0.25) is 5.02 Å². The lowest BCUT2D eigenvalue weighted by atomic mass is 10.1. The van der Waals surface area contributed by atoms with Crippen LogP contribution in [0.3, 0.4) is 0 Å². The number of nitrogens with one attached hydrogen (secondary N) is 1. The second kappa shape index (κ2) is 6.14. The maximum absolute atomic E-state index is 6.15. The molecule has 0 radical (unpaired) electrons. The van der Waals surface area contributed by atoms with E-state index in [0.29, 0.717) is 6.04 Å². The van der Waals surface area contributed by atoms with Gasteiger partial charge in [-0.3, -0.25) is 0 Å². The van der Waals surface area contributed by atoms with Crippen LogP contribution in [0.4, 0.5) is 0 Å². The van der Waals surface area contributed by atoms with Crippen molar-refractivity contribution < 1.29 is 0 Å². The lowest BCUT2D eigenvalue weighted by Gasteiger charge is -2.13. The van der Waals surface area contributed by atoms with Gasteiger partial charge in [0.1, 0.15) is 0 Å². The van der Waals surface area contributed by atoms with Crippen molar-refractivity contribution in [1.29, 1.82) is 0 Å². The Hall–Kier alpha value is -0.530. The fourth-order valence-corrected chi connectivity index (χ4v) is 1.92. The van der Waals surface area contributed by atoms with Crippen molar-refractivity contribution >= 4 is 11.6 Å². The fraction of sp³-hybridized carbons (Fsp3) is 0.538. The Morgan fingerprint density at radius 3 is 2.73 bits per heavy atom. The molecule has 15 heavy (non-hydrogen) atoms. The number of benzene rings is 1. The number of hydrogen-bond donors (Lipinski definition) is 1. The molecule has 1 atom stereocenters. The van der Waals surface area contributed by atoms with Crippen molar-refractivity contribution in [3.63, 3.8) is 0 Å². The van der Waals surface area contributed by atoms with Gasteiger partial charge in [0.2, 0.25) is 0 Å². The van der Waals surface area contributed by atoms with Crippen LogP contribution in [0.25, 0.3) is 0 Å². The van der Waals surface area contributed by atoms with Crippen LogP contribution in [0.1, 0.15) is 37.8 Å². The van der Waals surface area contributed by atoms with Gasteiger partial charge < -0.3 is 5.32 Å². The predicted molar refractivity (Wildman–Crippen MR) is 67.4 cm³/mol. The smallest absolute Gasteiger partial charge is 0.0453 e. The molecule has 0 heterocycles. The summed E-state index contributed by atoms with van der Waals surface area (Å²) in [6.07, 6.45) is 2.43. The van der Waals surface area contributed by atoms with Gasteiger partial charge in [-0.05, 0) is 37.5 Å². The molecule has 0 aliphatic heterocycles. The Morgan fingerprint density at radius 1 is 1.40 bits per heavy atom. The van der Waals surface area contributed by atoms with Crippen LogP contribution in [0.5, 0.6) is 0 Å². The number of rotatable bonds is 5. The van der Waals surface area contributed by atoms with Gasteiger partial charge in [0.25, 0.3) is 0 Å². The van der Waals surface area contributed by atoms with Gasteiger partial charge in [-0.25, -0.2) is 0 Å². The molecule has 0 aliphatic carbocycles. The summed E-state index contributed by atoms with van der Waals surface area (Å²) >= 11 is 6.15. The Labute approximate surface area is 97.8 Å². The molecule has 0 saturated heterocycles. The van der Waals surface area contributed by atoms with Crippen molar-refractivity contribution in [2.24, 2.45) is 0 Å². The van der Waals surface area contributed by atoms with E-state index < -0.39 is 0 Å². The average molecular weight is 226 g/mol. The summed E-state index contributed by atoms with van der Waals surface area (Å²) in [6.45, 7) is 7.34. The minimum absolute atomic E-state index is 0.562. The first-order valence-corrected chi connectivity index (χ1v) is 5.99. The number of halogens is 1. The quantitative estimate of drug-likeness (QED) is 0.801. The van der Waals surface area contributed by atoms with Crippen LogP contribution in [-0.2, 0) is 6.54 Å². The van der Waals surface area contributed by atoms with Gasteiger partial charge >= 0.3 is 0 Å². The van der Waals surface area contributed by atoms with Crippen molar-refractivity contribution in [1.82, 2.24) is 5.32 Å². The zero-order valence-corrected chi connectivity index (χ0v) is 10.6. The zero-order valence-electron chi connectivity index (χ0n) is 9.81. The van der Waals surface area contributed by atoms with Gasteiger partial charge in [-0.2, -0.15) is 0 Å². The van der Waals surface area contributed by atoms with Crippen molar-refractivity contribution in [2.45, 2.75) is 46.2 Å². The highest BCUT2D eigenvalue weighted by atomic mass is 35.5. The molecule has 0 spiro atoms. The summed E-state index contributed by atoms with van der Waals surface area (Å²) in [7, 11) is 0. The second-order valence-corrected chi connectivity index (χ2v) is 4.57. The van der Waals surface area contributed by atoms with E-state index in [1.54, 1.807) is 0 Å². The minimum atomic E-state index is 0.562. The summed E-state index contributed by atoms with van der Waals surface area (Å²) in [5, 5.41) is 4.34. The Morgan fingerprint density at radius 2 is 2.13 bits per heavy atom. The van der Waals surface area contributed by atoms with E-state index in [0.717, 1.165) is 11.6 Å². The molecule has 1 aromatic rings. The predicted octanol–water partition coefficient (Wildman–Crippen LogP) is 3.93. The van der Waals surface area contributed by atoms with Crippen LogP contribution in [0.15, 0.2) is 18.2 Å². The molecule has 0 aromatic heterocycles. The highest BCUT2D eigenvalue weighted by Crippen LogP contribution is 2.17. The third kappa shape index (κ3) is 4.23. The highest BCUT2D eigenvalue weighted by molar-refractivity contribution is 6.31. The third-order valence-corrected chi connectivity index (χ3v) is 2.92. The maximum atomic E-state index is 6.15. The summed E-state index contributed by atoms with van der Waals surface area (Å²) in [5.74, 6) is 0. The molecule has 0 amide bonds. The topological polar surface area (TPSA) is 12.0 Å². The van der Waals surface area contributed by atoms with Gasteiger partial charge in [-0.1, -0.05) is 37.1 Å². The normalized spacial score (nSPS) is 12.8. The molecule has 0 bridgehead atoms. The van der Waals surface area contributed by atoms with E-state index in [9.17, 15) is 0 Å². The highest BCUT2D eigenvalue weighted by Gasteiger charge is 2.03. The van der Waals surface area contributed by atoms with Gasteiger partial charge in [0.15, 0.2) is 0 Å². The van der Waals surface area contributed by atoms with Gasteiger partial charge in [0.05, 0.1) is 0 Å². The molecular formula is C13H20ClN. The van der Waals surface area contributed by atoms with Crippen molar-refractivity contribution in [2.75, 3.05) is 0 Å². The van der Waals surface area contributed by atoms with Gasteiger partial charge in [-0.15, -0.1) is 0 Å². The van der Waals surface area contributed by atoms with E-state index in [1.165, 1.54) is 24.0 Å². The number of aryl methyl sites for hydroxylation is 1. The Kier molecular flexibility index (Phi) is 5.13. The molecule has 1 aromatic carbocycles. The SMILES string of the molecule is CCCC(C)NCc1ccc(C)cc1Cl. The van der Waals surface area contributed by atoms with Crippen LogP contribution in [-0.4, -0.2) is 6.04 Å². The van der Waals surface area contributed by atoms with Gasteiger partial charge in [0, 0.05) is 17.6 Å². The van der Waals surface area contributed by atoms with Crippen LogP contribution >= 0.6 is 11.6 Å².